The highest BCUT2D eigenvalue weighted by atomic mass is 32.1. The van der Waals surface area contributed by atoms with Crippen molar-refractivity contribution in [2.45, 2.75) is 33.2 Å². The molecular formula is C11H17NOS. The van der Waals surface area contributed by atoms with Crippen LogP contribution in [0.1, 0.15) is 35.3 Å². The molecule has 2 nitrogen and oxygen atoms in total. The zero-order valence-corrected chi connectivity index (χ0v) is 10.2. The highest BCUT2D eigenvalue weighted by molar-refractivity contribution is 7.13. The normalized spacial score (nSPS) is 11.5. The number of hydrogen-bond donors (Lipinski definition) is 0. The quantitative estimate of drug-likeness (QED) is 0.699. The number of aryl methyl sites for hydroxylation is 1. The minimum absolute atomic E-state index is 0.107. The molecule has 0 unspecified atom stereocenters. The fourth-order valence-corrected chi connectivity index (χ4v) is 1.86. The first-order valence-electron chi connectivity index (χ1n) is 4.67. The summed E-state index contributed by atoms with van der Waals surface area (Å²) in [4.78, 5) is 15.7. The van der Waals surface area contributed by atoms with Gasteiger partial charge in [-0.05, 0) is 39.8 Å². The molecule has 0 aliphatic heterocycles. The summed E-state index contributed by atoms with van der Waals surface area (Å²) in [6.07, 6.45) is 0. The summed E-state index contributed by atoms with van der Waals surface area (Å²) in [5.74, 6) is 0.107. The molecule has 78 valence electrons. The SMILES string of the molecule is Cc1ccc(C(=O)N(C)C(C)(C)C)s1. The van der Waals surface area contributed by atoms with Gasteiger partial charge in [-0.2, -0.15) is 0 Å². The Morgan fingerprint density at radius 2 is 1.93 bits per heavy atom. The molecule has 1 aromatic heterocycles. The maximum atomic E-state index is 11.9. The molecule has 0 atom stereocenters. The first kappa shape index (κ1) is 11.2. The van der Waals surface area contributed by atoms with Crippen LogP contribution >= 0.6 is 11.3 Å². The Hall–Kier alpha value is -0.830. The van der Waals surface area contributed by atoms with Gasteiger partial charge in [0.1, 0.15) is 0 Å². The van der Waals surface area contributed by atoms with Crippen molar-refractivity contribution in [3.8, 4) is 0 Å². The van der Waals surface area contributed by atoms with E-state index in [1.165, 1.54) is 4.88 Å². The Morgan fingerprint density at radius 1 is 1.36 bits per heavy atom. The number of carbonyl (C=O) groups is 1. The van der Waals surface area contributed by atoms with E-state index in [2.05, 4.69) is 0 Å². The highest BCUT2D eigenvalue weighted by Crippen LogP contribution is 2.20. The van der Waals surface area contributed by atoms with Gasteiger partial charge >= 0.3 is 0 Å². The Bertz CT molecular complexity index is 335. The summed E-state index contributed by atoms with van der Waals surface area (Å²) < 4.78 is 0. The van der Waals surface area contributed by atoms with Crippen LogP contribution in [-0.2, 0) is 0 Å². The fourth-order valence-electron chi connectivity index (χ4n) is 1.02. The third-order valence-corrected chi connectivity index (χ3v) is 3.25. The predicted octanol–water partition coefficient (Wildman–Crippen LogP) is 2.93. The van der Waals surface area contributed by atoms with E-state index >= 15 is 0 Å². The smallest absolute Gasteiger partial charge is 0.264 e. The molecule has 0 spiro atoms. The van der Waals surface area contributed by atoms with Crippen LogP contribution in [-0.4, -0.2) is 23.4 Å². The van der Waals surface area contributed by atoms with Crippen molar-refractivity contribution in [2.24, 2.45) is 0 Å². The minimum Gasteiger partial charge on any atom is -0.336 e. The van der Waals surface area contributed by atoms with Crippen molar-refractivity contribution < 1.29 is 4.79 Å². The second-order valence-electron chi connectivity index (χ2n) is 4.45. The van der Waals surface area contributed by atoms with E-state index in [9.17, 15) is 4.79 Å². The standard InChI is InChI=1S/C11H17NOS/c1-8-6-7-9(14-8)10(13)12(5)11(2,3)4/h6-7H,1-5H3. The molecule has 0 aliphatic carbocycles. The van der Waals surface area contributed by atoms with E-state index in [0.717, 1.165) is 4.88 Å². The van der Waals surface area contributed by atoms with Gasteiger partial charge in [-0.15, -0.1) is 11.3 Å². The van der Waals surface area contributed by atoms with Gasteiger partial charge in [0.25, 0.3) is 5.91 Å². The second kappa shape index (κ2) is 3.73. The summed E-state index contributed by atoms with van der Waals surface area (Å²) in [6, 6.07) is 3.87. The van der Waals surface area contributed by atoms with Gasteiger partial charge in [0.15, 0.2) is 0 Å². The van der Waals surface area contributed by atoms with Crippen LogP contribution in [0.2, 0.25) is 0 Å². The highest BCUT2D eigenvalue weighted by Gasteiger charge is 2.23. The molecule has 3 heteroatoms. The number of nitrogens with zero attached hydrogens (tertiary/aromatic N) is 1. The van der Waals surface area contributed by atoms with Gasteiger partial charge in [0, 0.05) is 17.5 Å². The van der Waals surface area contributed by atoms with Crippen molar-refractivity contribution in [3.05, 3.63) is 21.9 Å². The number of thiophene rings is 1. The molecule has 0 aliphatic rings. The average molecular weight is 211 g/mol. The van der Waals surface area contributed by atoms with Gasteiger partial charge in [0.05, 0.1) is 4.88 Å². The van der Waals surface area contributed by atoms with Crippen LogP contribution in [0.15, 0.2) is 12.1 Å². The third kappa shape index (κ3) is 2.35. The summed E-state index contributed by atoms with van der Waals surface area (Å²) >= 11 is 1.55. The predicted molar refractivity (Wildman–Crippen MR) is 60.9 cm³/mol. The number of rotatable bonds is 1. The molecule has 0 saturated carbocycles. The van der Waals surface area contributed by atoms with Crippen molar-refractivity contribution >= 4 is 17.2 Å². The average Bonchev–Trinajstić information content (AvgIpc) is 2.47. The van der Waals surface area contributed by atoms with Gasteiger partial charge < -0.3 is 4.90 Å². The lowest BCUT2D eigenvalue weighted by atomic mass is 10.1. The van der Waals surface area contributed by atoms with E-state index in [1.807, 2.05) is 46.9 Å². The van der Waals surface area contributed by atoms with Crippen molar-refractivity contribution in [1.29, 1.82) is 0 Å². The molecule has 1 aromatic rings. The van der Waals surface area contributed by atoms with E-state index in [-0.39, 0.29) is 11.4 Å². The van der Waals surface area contributed by atoms with Gasteiger partial charge in [-0.3, -0.25) is 4.79 Å². The van der Waals surface area contributed by atoms with Crippen molar-refractivity contribution in [3.63, 3.8) is 0 Å². The topological polar surface area (TPSA) is 20.3 Å². The monoisotopic (exact) mass is 211 g/mol. The number of amides is 1. The van der Waals surface area contributed by atoms with Gasteiger partial charge in [0.2, 0.25) is 0 Å². The van der Waals surface area contributed by atoms with Crippen LogP contribution in [0.4, 0.5) is 0 Å². The Morgan fingerprint density at radius 3 is 2.29 bits per heavy atom. The lowest BCUT2D eigenvalue weighted by molar-refractivity contribution is 0.0661. The number of carbonyl (C=O) groups excluding carboxylic acids is 1. The molecule has 0 N–H and O–H groups in total. The summed E-state index contributed by atoms with van der Waals surface area (Å²) in [5.41, 5.74) is -0.116. The Labute approximate surface area is 89.5 Å². The summed E-state index contributed by atoms with van der Waals surface area (Å²) in [5, 5.41) is 0. The zero-order chi connectivity index (χ0) is 10.9. The maximum absolute atomic E-state index is 11.9. The molecule has 0 fully saturated rings. The van der Waals surface area contributed by atoms with Crippen LogP contribution in [0.3, 0.4) is 0 Å². The summed E-state index contributed by atoms with van der Waals surface area (Å²) in [7, 11) is 1.84. The largest absolute Gasteiger partial charge is 0.336 e. The minimum atomic E-state index is -0.116. The van der Waals surface area contributed by atoms with Crippen LogP contribution in [0.25, 0.3) is 0 Å². The van der Waals surface area contributed by atoms with Crippen LogP contribution < -0.4 is 0 Å². The zero-order valence-electron chi connectivity index (χ0n) is 9.42. The van der Waals surface area contributed by atoms with E-state index in [0.29, 0.717) is 0 Å². The second-order valence-corrected chi connectivity index (χ2v) is 5.73. The van der Waals surface area contributed by atoms with Crippen molar-refractivity contribution in [2.75, 3.05) is 7.05 Å². The molecule has 1 heterocycles. The van der Waals surface area contributed by atoms with Crippen molar-refractivity contribution in [1.82, 2.24) is 4.90 Å². The Balaban J connectivity index is 2.86. The van der Waals surface area contributed by atoms with Crippen LogP contribution in [0.5, 0.6) is 0 Å². The number of hydrogen-bond acceptors (Lipinski definition) is 2. The van der Waals surface area contributed by atoms with Gasteiger partial charge in [-0.1, -0.05) is 0 Å². The first-order chi connectivity index (χ1) is 6.32. The molecule has 14 heavy (non-hydrogen) atoms. The van der Waals surface area contributed by atoms with Gasteiger partial charge in [-0.25, -0.2) is 0 Å². The molecule has 1 amide bonds. The molecule has 1 rings (SSSR count). The molecular weight excluding hydrogens is 194 g/mol. The third-order valence-electron chi connectivity index (χ3n) is 2.26. The lowest BCUT2D eigenvalue weighted by Crippen LogP contribution is -2.42. The fraction of sp³-hybridized carbons (Fsp3) is 0.545. The van der Waals surface area contributed by atoms with E-state index < -0.39 is 0 Å². The molecule has 0 radical (unpaired) electrons. The Kier molecular flexibility index (Phi) is 3.00. The summed E-state index contributed by atoms with van der Waals surface area (Å²) in [6.45, 7) is 8.11. The first-order valence-corrected chi connectivity index (χ1v) is 5.48. The molecule has 0 aromatic carbocycles. The molecule has 0 saturated heterocycles. The van der Waals surface area contributed by atoms with Crippen LogP contribution in [0, 0.1) is 6.92 Å². The molecule has 0 bridgehead atoms. The van der Waals surface area contributed by atoms with E-state index in [1.54, 1.807) is 16.2 Å². The maximum Gasteiger partial charge on any atom is 0.264 e. The van der Waals surface area contributed by atoms with E-state index in [4.69, 9.17) is 0 Å². The lowest BCUT2D eigenvalue weighted by Gasteiger charge is -2.31.